The quantitative estimate of drug-likeness (QED) is 0.838. The molecular weight excluding hydrogens is 246 g/mol. The highest BCUT2D eigenvalue weighted by Gasteiger charge is 2.05. The number of rotatable bonds is 5. The zero-order valence-electron chi connectivity index (χ0n) is 10.2. The van der Waals surface area contributed by atoms with Gasteiger partial charge in [-0.1, -0.05) is 0 Å². The molecule has 0 atom stereocenters. The van der Waals surface area contributed by atoms with Gasteiger partial charge in [-0.15, -0.1) is 0 Å². The normalized spacial score (nSPS) is 10.5. The van der Waals surface area contributed by atoms with Crippen LogP contribution in [0.15, 0.2) is 35.5 Å². The third-order valence-electron chi connectivity index (χ3n) is 2.58. The number of thioether (sulfide) groups is 1. The summed E-state index contributed by atoms with van der Waals surface area (Å²) in [5, 5.41) is 0. The fourth-order valence-electron chi connectivity index (χ4n) is 1.66. The van der Waals surface area contributed by atoms with Gasteiger partial charge < -0.3 is 4.98 Å². The van der Waals surface area contributed by atoms with E-state index in [2.05, 4.69) is 21.2 Å². The lowest BCUT2D eigenvalue weighted by atomic mass is 10.2. The summed E-state index contributed by atoms with van der Waals surface area (Å²) in [7, 11) is 0. The summed E-state index contributed by atoms with van der Waals surface area (Å²) < 4.78 is 0. The van der Waals surface area contributed by atoms with Crippen molar-refractivity contribution in [2.75, 3.05) is 12.0 Å². The van der Waals surface area contributed by atoms with E-state index in [-0.39, 0.29) is 5.56 Å². The van der Waals surface area contributed by atoms with Gasteiger partial charge in [0.15, 0.2) is 0 Å². The van der Waals surface area contributed by atoms with E-state index in [1.165, 1.54) is 0 Å². The van der Waals surface area contributed by atoms with Crippen LogP contribution < -0.4 is 5.56 Å². The first-order valence-corrected chi connectivity index (χ1v) is 7.18. The predicted octanol–water partition coefficient (Wildman–Crippen LogP) is 2.13. The van der Waals surface area contributed by atoms with E-state index in [0.717, 1.165) is 23.4 Å². The molecule has 18 heavy (non-hydrogen) atoms. The fraction of sp³-hybridized carbons (Fsp3) is 0.308. The maximum atomic E-state index is 11.7. The molecular formula is C13H15N3OS. The van der Waals surface area contributed by atoms with Crippen LogP contribution in [0.5, 0.6) is 0 Å². The molecule has 0 saturated carbocycles. The van der Waals surface area contributed by atoms with Gasteiger partial charge in [0.05, 0.1) is 5.69 Å². The van der Waals surface area contributed by atoms with E-state index in [1.807, 2.05) is 12.1 Å². The lowest BCUT2D eigenvalue weighted by molar-refractivity contribution is 0.864. The topological polar surface area (TPSA) is 58.6 Å². The van der Waals surface area contributed by atoms with Crippen LogP contribution in [0.25, 0.3) is 11.3 Å². The maximum Gasteiger partial charge on any atom is 0.269 e. The largest absolute Gasteiger partial charge is 0.325 e. The SMILES string of the molecule is CSCCCc1nc(-c2cccnc2)c[nH]c1=O. The summed E-state index contributed by atoms with van der Waals surface area (Å²) in [6.45, 7) is 0. The second-order valence-corrected chi connectivity index (χ2v) is 4.89. The molecule has 0 bridgehead atoms. The summed E-state index contributed by atoms with van der Waals surface area (Å²) in [6.07, 6.45) is 8.83. The Morgan fingerprint density at radius 1 is 1.44 bits per heavy atom. The maximum absolute atomic E-state index is 11.7. The minimum absolute atomic E-state index is 0.0938. The minimum atomic E-state index is -0.0938. The first kappa shape index (κ1) is 12.8. The molecule has 0 amide bonds. The van der Waals surface area contributed by atoms with Crippen LogP contribution in [0.4, 0.5) is 0 Å². The van der Waals surface area contributed by atoms with Gasteiger partial charge in [-0.3, -0.25) is 9.78 Å². The summed E-state index contributed by atoms with van der Waals surface area (Å²) in [4.78, 5) is 22.9. The number of nitrogens with one attached hydrogen (secondary N) is 1. The molecule has 0 aliphatic carbocycles. The molecule has 5 heteroatoms. The first-order chi connectivity index (χ1) is 8.81. The number of aromatic nitrogens is 3. The summed E-state index contributed by atoms with van der Waals surface area (Å²) >= 11 is 1.78. The van der Waals surface area contributed by atoms with Gasteiger partial charge in [0.25, 0.3) is 5.56 Å². The number of hydrogen-bond acceptors (Lipinski definition) is 4. The Labute approximate surface area is 110 Å². The highest BCUT2D eigenvalue weighted by Crippen LogP contribution is 2.13. The summed E-state index contributed by atoms with van der Waals surface area (Å²) in [5.41, 5.74) is 2.19. The number of aromatic amines is 1. The third kappa shape index (κ3) is 3.20. The Hall–Kier alpha value is -1.62. The van der Waals surface area contributed by atoms with Crippen molar-refractivity contribution in [3.05, 3.63) is 46.8 Å². The van der Waals surface area contributed by atoms with Gasteiger partial charge in [0, 0.05) is 24.2 Å². The first-order valence-electron chi connectivity index (χ1n) is 5.79. The second-order valence-electron chi connectivity index (χ2n) is 3.90. The average Bonchev–Trinajstić information content (AvgIpc) is 2.42. The highest BCUT2D eigenvalue weighted by atomic mass is 32.2. The molecule has 0 unspecified atom stereocenters. The number of hydrogen-bond donors (Lipinski definition) is 1. The zero-order chi connectivity index (χ0) is 12.8. The third-order valence-corrected chi connectivity index (χ3v) is 3.27. The van der Waals surface area contributed by atoms with Crippen LogP contribution in [0.2, 0.25) is 0 Å². The Bertz CT molecular complexity index is 554. The molecule has 0 aromatic carbocycles. The van der Waals surface area contributed by atoms with E-state index < -0.39 is 0 Å². The molecule has 0 fully saturated rings. The van der Waals surface area contributed by atoms with E-state index in [0.29, 0.717) is 12.1 Å². The molecule has 0 radical (unpaired) electrons. The van der Waals surface area contributed by atoms with Crippen LogP contribution in [0, 0.1) is 0 Å². The van der Waals surface area contributed by atoms with Crippen molar-refractivity contribution in [2.24, 2.45) is 0 Å². The molecule has 1 N–H and O–H groups in total. The van der Waals surface area contributed by atoms with Gasteiger partial charge in [0.1, 0.15) is 5.69 Å². The molecule has 2 aromatic rings. The van der Waals surface area contributed by atoms with Crippen molar-refractivity contribution in [3.8, 4) is 11.3 Å². The average molecular weight is 261 g/mol. The molecule has 0 saturated heterocycles. The fourth-order valence-corrected chi connectivity index (χ4v) is 2.09. The van der Waals surface area contributed by atoms with Gasteiger partial charge in [-0.05, 0) is 37.0 Å². The lowest BCUT2D eigenvalue weighted by Gasteiger charge is -2.03. The molecule has 4 nitrogen and oxygen atoms in total. The van der Waals surface area contributed by atoms with Gasteiger partial charge in [-0.2, -0.15) is 11.8 Å². The second kappa shape index (κ2) is 6.35. The van der Waals surface area contributed by atoms with Crippen LogP contribution in [-0.2, 0) is 6.42 Å². The number of aryl methyl sites for hydroxylation is 1. The zero-order valence-corrected chi connectivity index (χ0v) is 11.0. The Balaban J connectivity index is 2.24. The molecule has 0 aliphatic heterocycles. The van der Waals surface area contributed by atoms with Gasteiger partial charge in [0.2, 0.25) is 0 Å². The Morgan fingerprint density at radius 3 is 3.06 bits per heavy atom. The summed E-state index contributed by atoms with van der Waals surface area (Å²) in [5.74, 6) is 1.04. The molecule has 0 spiro atoms. The number of pyridine rings is 1. The van der Waals surface area contributed by atoms with Crippen molar-refractivity contribution >= 4 is 11.8 Å². The van der Waals surface area contributed by atoms with E-state index >= 15 is 0 Å². The molecule has 2 aromatic heterocycles. The Morgan fingerprint density at radius 2 is 2.33 bits per heavy atom. The molecule has 0 aliphatic rings. The number of nitrogens with zero attached hydrogens (tertiary/aromatic N) is 2. The molecule has 2 heterocycles. The van der Waals surface area contributed by atoms with Crippen molar-refractivity contribution in [1.82, 2.24) is 15.0 Å². The van der Waals surface area contributed by atoms with Crippen LogP contribution in [-0.4, -0.2) is 27.0 Å². The van der Waals surface area contributed by atoms with E-state index in [4.69, 9.17) is 0 Å². The van der Waals surface area contributed by atoms with Gasteiger partial charge >= 0.3 is 0 Å². The predicted molar refractivity (Wildman–Crippen MR) is 74.8 cm³/mol. The monoisotopic (exact) mass is 261 g/mol. The standard InChI is InChI=1S/C13H15N3OS/c1-18-7-3-5-11-13(17)15-9-12(16-11)10-4-2-6-14-8-10/h2,4,6,8-9H,3,5,7H2,1H3,(H,15,17). The molecule has 94 valence electrons. The summed E-state index contributed by atoms with van der Waals surface area (Å²) in [6, 6.07) is 3.79. The lowest BCUT2D eigenvalue weighted by Crippen LogP contribution is -2.15. The minimum Gasteiger partial charge on any atom is -0.325 e. The van der Waals surface area contributed by atoms with Crippen LogP contribution >= 0.6 is 11.8 Å². The van der Waals surface area contributed by atoms with E-state index in [1.54, 1.807) is 30.4 Å². The van der Waals surface area contributed by atoms with Crippen LogP contribution in [0.3, 0.4) is 0 Å². The molecule has 2 rings (SSSR count). The van der Waals surface area contributed by atoms with Crippen molar-refractivity contribution < 1.29 is 0 Å². The van der Waals surface area contributed by atoms with Crippen molar-refractivity contribution in [3.63, 3.8) is 0 Å². The van der Waals surface area contributed by atoms with Gasteiger partial charge in [-0.25, -0.2) is 4.98 Å². The van der Waals surface area contributed by atoms with E-state index in [9.17, 15) is 4.79 Å². The van der Waals surface area contributed by atoms with Crippen molar-refractivity contribution in [1.29, 1.82) is 0 Å². The van der Waals surface area contributed by atoms with Crippen LogP contribution in [0.1, 0.15) is 12.1 Å². The Kier molecular flexibility index (Phi) is 4.52. The smallest absolute Gasteiger partial charge is 0.269 e. The number of H-pyrrole nitrogens is 1. The highest BCUT2D eigenvalue weighted by molar-refractivity contribution is 7.98. The van der Waals surface area contributed by atoms with Crippen molar-refractivity contribution in [2.45, 2.75) is 12.8 Å².